The number of para-hydroxylation sites is 1. The van der Waals surface area contributed by atoms with Gasteiger partial charge >= 0.3 is 17.9 Å². The maximum Gasteiger partial charge on any atom is 0.322 e. The van der Waals surface area contributed by atoms with E-state index in [4.69, 9.17) is 18.9 Å². The predicted molar refractivity (Wildman–Crippen MR) is 233 cm³/mol. The highest BCUT2D eigenvalue weighted by Crippen LogP contribution is 2.68. The van der Waals surface area contributed by atoms with Crippen LogP contribution in [0.15, 0.2) is 60.2 Å². The smallest absolute Gasteiger partial charge is 0.322 e. The molecule has 2 aromatic carbocycles. The molecule has 61 heavy (non-hydrogen) atoms. The number of methoxy groups -OCH3 is 2. The van der Waals surface area contributed by atoms with Crippen molar-refractivity contribution >= 4 is 34.5 Å². The number of carbonyl (C=O) groups is 3. The third-order valence-corrected chi connectivity index (χ3v) is 15.6. The summed E-state index contributed by atoms with van der Waals surface area (Å²) in [5.74, 6) is -1.18. The Morgan fingerprint density at radius 2 is 1.84 bits per heavy atom. The molecular formula is C49H62N4O8. The van der Waals surface area contributed by atoms with E-state index in [2.05, 4.69) is 76.0 Å². The van der Waals surface area contributed by atoms with Crippen molar-refractivity contribution < 1.29 is 38.4 Å². The van der Waals surface area contributed by atoms with Crippen LogP contribution in [-0.2, 0) is 45.8 Å². The number of carbonyl (C=O) groups excluding carboxylic acids is 3. The van der Waals surface area contributed by atoms with Crippen LogP contribution < -0.4 is 9.64 Å². The number of likely N-dealkylation sites (N-methyl/N-ethyl adjacent to an activating group) is 1. The first-order valence-corrected chi connectivity index (χ1v) is 22.3. The second kappa shape index (κ2) is 15.0. The zero-order valence-electron chi connectivity index (χ0n) is 37.0. The van der Waals surface area contributed by atoms with Gasteiger partial charge in [-0.1, -0.05) is 69.7 Å². The quantitative estimate of drug-likeness (QED) is 0.154. The number of aromatic amines is 1. The van der Waals surface area contributed by atoms with Gasteiger partial charge in [0.25, 0.3) is 0 Å². The number of aliphatic hydroxyl groups is 1. The first kappa shape index (κ1) is 41.7. The van der Waals surface area contributed by atoms with E-state index in [-0.39, 0.29) is 24.5 Å². The highest BCUT2D eigenvalue weighted by Gasteiger charge is 2.78. The SMILES string of the molecule is CCC1=C[C@@H]2CN(CCc3c([nH]c4ccccc34)[C@@](C(=O)OC)(c3cc4c(cc3OC)N(C)[C@H]3[C@@](O)(COC(=O)C(C)C)[C@H](OC(C)=O)[C@]5(CC)C=CCN6CC[C@]43[C@@H]65)C2)C1. The Hall–Kier alpha value is -4.65. The van der Waals surface area contributed by atoms with Crippen molar-refractivity contribution in [2.75, 3.05) is 65.5 Å². The van der Waals surface area contributed by atoms with Crippen LogP contribution in [0.25, 0.3) is 10.9 Å². The molecule has 9 rings (SSSR count). The molecule has 5 aliphatic heterocycles. The standard InChI is InChI=1S/C49H62N4O8/c1-9-31-22-32-25-48(45(56)59-8,40-34(16-20-52(26-31)27-32)33-14-11-12-15-37(33)50-40)36-23-35-38(24-39(36)58-7)51(6)43-47(35)18-21-53-19-13-17-46(10-2,42(47)53)44(61-30(5)54)49(43,57)28-60-41(55)29(3)4/h11-15,17,22-24,29,32,42-44,50,57H,9-10,16,18-21,25-28H2,1-8H3/t32-,42-,43+,44+,46+,47+,48-,49-/m0/s1. The van der Waals surface area contributed by atoms with Crippen LogP contribution in [0.3, 0.4) is 0 Å². The summed E-state index contributed by atoms with van der Waals surface area (Å²) in [6, 6.07) is 11.6. The van der Waals surface area contributed by atoms with Crippen LogP contribution in [0.1, 0.15) is 82.7 Å². The van der Waals surface area contributed by atoms with Crippen molar-refractivity contribution in [2.24, 2.45) is 17.3 Å². The van der Waals surface area contributed by atoms with Gasteiger partial charge in [0.05, 0.1) is 26.2 Å². The van der Waals surface area contributed by atoms with Gasteiger partial charge in [0.2, 0.25) is 0 Å². The minimum absolute atomic E-state index is 0.0322. The molecule has 1 saturated heterocycles. The Morgan fingerprint density at radius 3 is 2.54 bits per heavy atom. The van der Waals surface area contributed by atoms with Gasteiger partial charge in [-0.15, -0.1) is 0 Å². The second-order valence-electron chi connectivity index (χ2n) is 18.9. The van der Waals surface area contributed by atoms with E-state index in [9.17, 15) is 14.7 Å². The summed E-state index contributed by atoms with van der Waals surface area (Å²) in [5, 5.41) is 14.8. The molecule has 9 atom stereocenters. The van der Waals surface area contributed by atoms with Gasteiger partial charge in [-0.05, 0) is 67.8 Å². The number of aromatic nitrogens is 1. The molecule has 1 aromatic heterocycles. The van der Waals surface area contributed by atoms with Crippen LogP contribution >= 0.6 is 0 Å². The zero-order valence-corrected chi connectivity index (χ0v) is 37.0. The lowest BCUT2D eigenvalue weighted by Crippen LogP contribution is -2.80. The van der Waals surface area contributed by atoms with E-state index < -0.39 is 51.8 Å². The van der Waals surface area contributed by atoms with Gasteiger partial charge in [-0.3, -0.25) is 24.2 Å². The molecule has 1 saturated carbocycles. The molecule has 3 aromatic rings. The summed E-state index contributed by atoms with van der Waals surface area (Å²) in [4.78, 5) is 52.7. The summed E-state index contributed by atoms with van der Waals surface area (Å²) < 4.78 is 24.8. The summed E-state index contributed by atoms with van der Waals surface area (Å²) in [7, 11) is 5.10. The number of anilines is 1. The van der Waals surface area contributed by atoms with Gasteiger partial charge in [-0.2, -0.15) is 0 Å². The third-order valence-electron chi connectivity index (χ3n) is 15.6. The number of H-pyrrole nitrogens is 1. The zero-order chi connectivity index (χ0) is 43.2. The minimum Gasteiger partial charge on any atom is -0.496 e. The first-order valence-electron chi connectivity index (χ1n) is 22.3. The molecule has 2 N–H and O–H groups in total. The molecule has 0 radical (unpaired) electrons. The third kappa shape index (κ3) is 5.83. The minimum atomic E-state index is -1.85. The van der Waals surface area contributed by atoms with Gasteiger partial charge in [0.15, 0.2) is 5.60 Å². The molecule has 0 amide bonds. The molecule has 6 heterocycles. The van der Waals surface area contributed by atoms with Crippen LogP contribution in [0, 0.1) is 17.3 Å². The number of esters is 3. The van der Waals surface area contributed by atoms with Gasteiger partial charge < -0.3 is 33.9 Å². The molecule has 6 aliphatic rings. The lowest BCUT2D eigenvalue weighted by molar-refractivity contribution is -0.233. The summed E-state index contributed by atoms with van der Waals surface area (Å²) in [5.41, 5.74) is 2.00. The molecule has 2 bridgehead atoms. The number of hydrogen-bond acceptors (Lipinski definition) is 11. The predicted octanol–water partition coefficient (Wildman–Crippen LogP) is 5.82. The normalized spacial score (nSPS) is 33.7. The average Bonchev–Trinajstić information content (AvgIpc) is 3.92. The fourth-order valence-electron chi connectivity index (χ4n) is 13.3. The maximum absolute atomic E-state index is 15.4. The van der Waals surface area contributed by atoms with E-state index >= 15 is 4.79 Å². The van der Waals surface area contributed by atoms with E-state index in [0.29, 0.717) is 37.1 Å². The highest BCUT2D eigenvalue weighted by atomic mass is 16.6. The van der Waals surface area contributed by atoms with Crippen molar-refractivity contribution in [1.29, 1.82) is 0 Å². The monoisotopic (exact) mass is 834 g/mol. The molecule has 1 unspecified atom stereocenters. The average molecular weight is 835 g/mol. The lowest BCUT2D eigenvalue weighted by Gasteiger charge is -2.64. The molecule has 2 fully saturated rings. The molecular weight excluding hydrogens is 773 g/mol. The fourth-order valence-corrected chi connectivity index (χ4v) is 13.3. The number of fused-ring (bicyclic) bond motifs is 6. The number of rotatable bonds is 9. The Labute approximate surface area is 359 Å². The highest BCUT2D eigenvalue weighted by molar-refractivity contribution is 5.94. The number of hydrogen-bond donors (Lipinski definition) is 2. The van der Waals surface area contributed by atoms with E-state index in [0.717, 1.165) is 72.4 Å². The van der Waals surface area contributed by atoms with Crippen molar-refractivity contribution in [2.45, 2.75) is 101 Å². The second-order valence-corrected chi connectivity index (χ2v) is 18.9. The summed E-state index contributed by atoms with van der Waals surface area (Å²) in [6.07, 6.45) is 8.97. The molecule has 1 spiro atoms. The number of benzene rings is 2. The number of ether oxygens (including phenoxy) is 4. The summed E-state index contributed by atoms with van der Waals surface area (Å²) >= 11 is 0. The Morgan fingerprint density at radius 1 is 1.05 bits per heavy atom. The number of nitrogens with zero attached hydrogens (tertiary/aromatic N) is 3. The topological polar surface area (TPSA) is 134 Å². The Balaban J connectivity index is 1.35. The largest absolute Gasteiger partial charge is 0.496 e. The van der Waals surface area contributed by atoms with Crippen molar-refractivity contribution in [1.82, 2.24) is 14.8 Å². The fraction of sp³-hybridized carbons (Fsp3) is 0.571. The molecule has 12 nitrogen and oxygen atoms in total. The van der Waals surface area contributed by atoms with Gasteiger partial charge in [-0.25, -0.2) is 0 Å². The van der Waals surface area contributed by atoms with Crippen LogP contribution in [0.5, 0.6) is 5.75 Å². The van der Waals surface area contributed by atoms with Crippen LogP contribution in [-0.4, -0.2) is 122 Å². The molecule has 12 heteroatoms. The summed E-state index contributed by atoms with van der Waals surface area (Å²) in [6.45, 7) is 12.8. The Kier molecular flexibility index (Phi) is 10.3. The van der Waals surface area contributed by atoms with Crippen molar-refractivity contribution in [3.05, 3.63) is 82.6 Å². The molecule has 1 aliphatic carbocycles. The first-order chi connectivity index (χ1) is 29.2. The lowest BCUT2D eigenvalue weighted by atomic mass is 9.47. The van der Waals surface area contributed by atoms with Crippen LogP contribution in [0.2, 0.25) is 0 Å². The Bertz CT molecular complexity index is 2330. The number of nitrogens with one attached hydrogen (secondary N) is 1. The maximum atomic E-state index is 15.4. The van der Waals surface area contributed by atoms with Gasteiger partial charge in [0.1, 0.15) is 23.9 Å². The van der Waals surface area contributed by atoms with Gasteiger partial charge in [0, 0.05) is 90.9 Å². The van der Waals surface area contributed by atoms with E-state index in [1.54, 1.807) is 21.0 Å². The van der Waals surface area contributed by atoms with E-state index in [1.165, 1.54) is 19.6 Å². The molecule has 326 valence electrons. The van der Waals surface area contributed by atoms with Crippen molar-refractivity contribution in [3.63, 3.8) is 0 Å². The van der Waals surface area contributed by atoms with Crippen molar-refractivity contribution in [3.8, 4) is 5.75 Å². The van der Waals surface area contributed by atoms with Crippen LogP contribution in [0.4, 0.5) is 5.69 Å². The van der Waals surface area contributed by atoms with E-state index in [1.807, 2.05) is 19.2 Å².